The van der Waals surface area contributed by atoms with Crippen LogP contribution in [0.4, 0.5) is 0 Å². The van der Waals surface area contributed by atoms with Crippen molar-refractivity contribution in [1.82, 2.24) is 9.88 Å². The predicted octanol–water partition coefficient (Wildman–Crippen LogP) is -0.997. The number of hydrogen-bond acceptors (Lipinski definition) is 5. The van der Waals surface area contributed by atoms with Crippen molar-refractivity contribution in [1.29, 1.82) is 0 Å². The minimum atomic E-state index is -3.33. The molecule has 0 aromatic carbocycles. The van der Waals surface area contributed by atoms with Gasteiger partial charge in [0, 0.05) is 31.1 Å². The van der Waals surface area contributed by atoms with Crippen LogP contribution in [0.1, 0.15) is 16.8 Å². The van der Waals surface area contributed by atoms with Crippen molar-refractivity contribution < 1.29 is 23.1 Å². The van der Waals surface area contributed by atoms with E-state index in [0.717, 1.165) is 12.3 Å². The lowest BCUT2D eigenvalue weighted by Crippen LogP contribution is -2.42. The van der Waals surface area contributed by atoms with E-state index in [1.807, 2.05) is 0 Å². The molecule has 0 aliphatic heterocycles. The molecular weight excluding hydrogens is 300 g/mol. The van der Waals surface area contributed by atoms with Gasteiger partial charge in [-0.05, 0) is 12.5 Å². The summed E-state index contributed by atoms with van der Waals surface area (Å²) < 4.78 is 23.4. The molecule has 0 spiro atoms. The molecule has 9 heteroatoms. The lowest BCUT2D eigenvalue weighted by atomic mass is 10.2. The summed E-state index contributed by atoms with van der Waals surface area (Å²) >= 11 is 0. The van der Waals surface area contributed by atoms with E-state index in [1.54, 1.807) is 0 Å². The highest BCUT2D eigenvalue weighted by Gasteiger charge is 2.22. The third-order valence-corrected chi connectivity index (χ3v) is 3.72. The number of carbonyl (C=O) groups is 2. The van der Waals surface area contributed by atoms with E-state index in [0.29, 0.717) is 0 Å². The summed E-state index contributed by atoms with van der Waals surface area (Å²) in [5.74, 6) is -2.44. The van der Waals surface area contributed by atoms with Crippen LogP contribution < -0.4 is 10.9 Å². The maximum atomic E-state index is 11.9. The number of amides is 1. The zero-order valence-corrected chi connectivity index (χ0v) is 12.4. The van der Waals surface area contributed by atoms with Crippen LogP contribution in [-0.2, 0) is 21.7 Å². The van der Waals surface area contributed by atoms with Crippen molar-refractivity contribution in [3.8, 4) is 0 Å². The molecule has 1 heterocycles. The highest BCUT2D eigenvalue weighted by molar-refractivity contribution is 7.90. The Morgan fingerprint density at radius 2 is 2.05 bits per heavy atom. The Labute approximate surface area is 121 Å². The summed E-state index contributed by atoms with van der Waals surface area (Å²) in [5, 5.41) is 11.2. The van der Waals surface area contributed by atoms with Crippen molar-refractivity contribution in [2.45, 2.75) is 12.5 Å². The largest absolute Gasteiger partial charge is 0.480 e. The number of nitrogens with one attached hydrogen (secondary N) is 1. The van der Waals surface area contributed by atoms with Gasteiger partial charge in [0.15, 0.2) is 0 Å². The molecule has 8 nitrogen and oxygen atoms in total. The Hall–Kier alpha value is -2.16. The van der Waals surface area contributed by atoms with Crippen molar-refractivity contribution in [3.63, 3.8) is 0 Å². The lowest BCUT2D eigenvalue weighted by Gasteiger charge is -2.14. The molecular formula is C12H16N2O6S. The summed E-state index contributed by atoms with van der Waals surface area (Å²) in [7, 11) is -1.82. The van der Waals surface area contributed by atoms with Gasteiger partial charge in [-0.2, -0.15) is 0 Å². The van der Waals surface area contributed by atoms with Crippen molar-refractivity contribution in [2.75, 3.05) is 12.0 Å². The Balaban J connectivity index is 2.83. The molecule has 1 unspecified atom stereocenters. The van der Waals surface area contributed by atoms with E-state index in [-0.39, 0.29) is 17.7 Å². The number of carbonyl (C=O) groups excluding carboxylic acids is 1. The lowest BCUT2D eigenvalue weighted by molar-refractivity contribution is -0.139. The Kier molecular flexibility index (Phi) is 5.25. The number of rotatable bonds is 6. The van der Waals surface area contributed by atoms with Crippen LogP contribution in [-0.4, -0.2) is 48.0 Å². The molecule has 0 fully saturated rings. The second kappa shape index (κ2) is 6.53. The summed E-state index contributed by atoms with van der Waals surface area (Å²) in [4.78, 5) is 34.3. The smallest absolute Gasteiger partial charge is 0.326 e. The van der Waals surface area contributed by atoms with Crippen molar-refractivity contribution in [2.24, 2.45) is 7.05 Å². The first-order chi connectivity index (χ1) is 9.60. The first-order valence-electron chi connectivity index (χ1n) is 5.98. The number of aromatic nitrogens is 1. The monoisotopic (exact) mass is 316 g/mol. The SMILES string of the molecule is Cn1ccc(C(=O)NC(CCS(C)(=O)=O)C(=O)O)cc1=O. The highest BCUT2D eigenvalue weighted by Crippen LogP contribution is 2.01. The minimum Gasteiger partial charge on any atom is -0.480 e. The fourth-order valence-electron chi connectivity index (χ4n) is 1.52. The average molecular weight is 316 g/mol. The molecule has 1 aromatic heterocycles. The van der Waals surface area contributed by atoms with E-state index in [9.17, 15) is 22.8 Å². The molecule has 1 rings (SSSR count). The molecule has 0 aliphatic carbocycles. The van der Waals surface area contributed by atoms with Gasteiger partial charge in [-0.15, -0.1) is 0 Å². The third-order valence-electron chi connectivity index (χ3n) is 2.75. The highest BCUT2D eigenvalue weighted by atomic mass is 32.2. The molecule has 2 N–H and O–H groups in total. The zero-order valence-electron chi connectivity index (χ0n) is 11.6. The van der Waals surface area contributed by atoms with E-state index in [2.05, 4.69) is 5.32 Å². The molecule has 1 amide bonds. The molecule has 0 bridgehead atoms. The standard InChI is InChI=1S/C12H16N2O6S/c1-14-5-3-8(7-10(14)15)11(16)13-9(12(17)18)4-6-21(2,19)20/h3,5,7,9H,4,6H2,1-2H3,(H,13,16)(H,17,18). The normalized spacial score (nSPS) is 12.7. The number of carboxylic acids is 1. The fourth-order valence-corrected chi connectivity index (χ4v) is 2.18. The molecule has 116 valence electrons. The Morgan fingerprint density at radius 3 is 2.52 bits per heavy atom. The number of aliphatic carboxylic acids is 1. The van der Waals surface area contributed by atoms with Gasteiger partial charge >= 0.3 is 5.97 Å². The number of hydrogen-bond donors (Lipinski definition) is 2. The maximum absolute atomic E-state index is 11.9. The number of aryl methyl sites for hydroxylation is 1. The van der Waals surface area contributed by atoms with Crippen molar-refractivity contribution in [3.05, 3.63) is 34.2 Å². The molecule has 1 atom stereocenters. The molecule has 0 saturated heterocycles. The van der Waals surface area contributed by atoms with E-state index in [1.165, 1.54) is 23.9 Å². The van der Waals surface area contributed by atoms with Gasteiger partial charge in [-0.3, -0.25) is 9.59 Å². The van der Waals surface area contributed by atoms with Gasteiger partial charge in [-0.1, -0.05) is 0 Å². The maximum Gasteiger partial charge on any atom is 0.326 e. The fraction of sp³-hybridized carbons (Fsp3) is 0.417. The van der Waals surface area contributed by atoms with Crippen LogP contribution in [0.5, 0.6) is 0 Å². The van der Waals surface area contributed by atoms with Gasteiger partial charge in [0.2, 0.25) is 0 Å². The Bertz CT molecular complexity index is 707. The van der Waals surface area contributed by atoms with E-state index < -0.39 is 33.3 Å². The van der Waals surface area contributed by atoms with Gasteiger partial charge in [-0.25, -0.2) is 13.2 Å². The van der Waals surface area contributed by atoms with Gasteiger partial charge in [0.05, 0.1) is 5.75 Å². The van der Waals surface area contributed by atoms with Crippen LogP contribution >= 0.6 is 0 Å². The molecule has 21 heavy (non-hydrogen) atoms. The molecule has 1 aromatic rings. The van der Waals surface area contributed by atoms with E-state index in [4.69, 9.17) is 5.11 Å². The van der Waals surface area contributed by atoms with Gasteiger partial charge < -0.3 is 15.0 Å². The number of carboxylic acid groups (broad SMARTS) is 1. The van der Waals surface area contributed by atoms with Crippen LogP contribution in [0.2, 0.25) is 0 Å². The van der Waals surface area contributed by atoms with Crippen LogP contribution in [0.3, 0.4) is 0 Å². The summed E-state index contributed by atoms with van der Waals surface area (Å²) in [6, 6.07) is 1.10. The summed E-state index contributed by atoms with van der Waals surface area (Å²) in [5.41, 5.74) is -0.394. The van der Waals surface area contributed by atoms with E-state index >= 15 is 0 Å². The third kappa shape index (κ3) is 5.38. The second-order valence-corrected chi connectivity index (χ2v) is 6.91. The summed E-state index contributed by atoms with van der Waals surface area (Å²) in [6.07, 6.45) is 2.11. The second-order valence-electron chi connectivity index (χ2n) is 4.65. The quantitative estimate of drug-likeness (QED) is 0.694. The minimum absolute atomic E-state index is 0.0173. The topological polar surface area (TPSA) is 123 Å². The number of nitrogens with zero attached hydrogens (tertiary/aromatic N) is 1. The van der Waals surface area contributed by atoms with Gasteiger partial charge in [0.1, 0.15) is 15.9 Å². The van der Waals surface area contributed by atoms with Crippen LogP contribution in [0.25, 0.3) is 0 Å². The van der Waals surface area contributed by atoms with Crippen molar-refractivity contribution >= 4 is 21.7 Å². The first kappa shape index (κ1) is 16.9. The summed E-state index contributed by atoms with van der Waals surface area (Å²) in [6.45, 7) is 0. The molecule has 0 radical (unpaired) electrons. The molecule has 0 saturated carbocycles. The number of pyridine rings is 1. The van der Waals surface area contributed by atoms with Gasteiger partial charge in [0.25, 0.3) is 11.5 Å². The Morgan fingerprint density at radius 1 is 1.43 bits per heavy atom. The van der Waals surface area contributed by atoms with Crippen LogP contribution in [0.15, 0.2) is 23.1 Å². The first-order valence-corrected chi connectivity index (χ1v) is 8.04. The predicted molar refractivity (Wildman–Crippen MR) is 74.9 cm³/mol. The van der Waals surface area contributed by atoms with Crippen LogP contribution in [0, 0.1) is 0 Å². The molecule has 0 aliphatic rings. The average Bonchev–Trinajstić information content (AvgIpc) is 2.36. The zero-order chi connectivity index (χ0) is 16.2. The number of sulfone groups is 1.